The maximum Gasteiger partial charge on any atom is 0.253 e. The summed E-state index contributed by atoms with van der Waals surface area (Å²) in [6.07, 6.45) is 1.85. The molecule has 0 radical (unpaired) electrons. The second-order valence-electron chi connectivity index (χ2n) is 7.27. The van der Waals surface area contributed by atoms with Gasteiger partial charge in [0.15, 0.2) is 0 Å². The summed E-state index contributed by atoms with van der Waals surface area (Å²) in [7, 11) is 0. The van der Waals surface area contributed by atoms with Gasteiger partial charge in [0, 0.05) is 35.8 Å². The molecule has 3 aromatic rings. The molecule has 1 saturated heterocycles. The first-order chi connectivity index (χ1) is 13.5. The summed E-state index contributed by atoms with van der Waals surface area (Å²) in [6, 6.07) is 12.7. The van der Waals surface area contributed by atoms with Crippen LogP contribution in [0.25, 0.3) is 11.3 Å². The van der Waals surface area contributed by atoms with Crippen LogP contribution in [0.4, 0.5) is 8.78 Å². The predicted molar refractivity (Wildman–Crippen MR) is 103 cm³/mol. The van der Waals surface area contributed by atoms with Crippen LogP contribution >= 0.6 is 0 Å². The Labute approximate surface area is 162 Å². The van der Waals surface area contributed by atoms with E-state index in [4.69, 9.17) is 0 Å². The van der Waals surface area contributed by atoms with Crippen molar-refractivity contribution in [2.45, 2.75) is 25.7 Å². The molecule has 1 fully saturated rings. The predicted octanol–water partition coefficient (Wildman–Crippen LogP) is 4.68. The highest BCUT2D eigenvalue weighted by Crippen LogP contribution is 2.29. The lowest BCUT2D eigenvalue weighted by Crippen LogP contribution is -2.39. The molecule has 1 atom stereocenters. The van der Waals surface area contributed by atoms with Crippen molar-refractivity contribution in [3.05, 3.63) is 77.0 Å². The Balaban J connectivity index is 1.50. The molecule has 0 unspecified atom stereocenters. The number of hydrogen-bond acceptors (Lipinski definition) is 2. The van der Waals surface area contributed by atoms with Crippen LogP contribution in [0, 0.1) is 18.6 Å². The van der Waals surface area contributed by atoms with Gasteiger partial charge in [-0.15, -0.1) is 0 Å². The number of benzene rings is 2. The molecule has 2 heterocycles. The van der Waals surface area contributed by atoms with Gasteiger partial charge in [-0.25, -0.2) is 8.78 Å². The van der Waals surface area contributed by atoms with Gasteiger partial charge in [-0.1, -0.05) is 0 Å². The molecule has 1 aromatic heterocycles. The number of aromatic nitrogens is 2. The Kier molecular flexibility index (Phi) is 4.94. The molecule has 1 aliphatic rings. The van der Waals surface area contributed by atoms with Gasteiger partial charge in [-0.3, -0.25) is 9.89 Å². The highest BCUT2D eigenvalue weighted by Gasteiger charge is 2.27. The minimum Gasteiger partial charge on any atom is -0.338 e. The van der Waals surface area contributed by atoms with E-state index in [9.17, 15) is 13.6 Å². The Morgan fingerprint density at radius 3 is 2.68 bits per heavy atom. The van der Waals surface area contributed by atoms with E-state index in [1.807, 2.05) is 11.0 Å². The summed E-state index contributed by atoms with van der Waals surface area (Å²) in [6.45, 7) is 2.93. The minimum atomic E-state index is -0.307. The molecule has 28 heavy (non-hydrogen) atoms. The zero-order chi connectivity index (χ0) is 19.7. The van der Waals surface area contributed by atoms with Crippen molar-refractivity contribution in [1.82, 2.24) is 15.1 Å². The lowest BCUT2D eigenvalue weighted by Gasteiger charge is -2.32. The first-order valence-corrected chi connectivity index (χ1v) is 9.38. The van der Waals surface area contributed by atoms with Crippen LogP contribution in [0.1, 0.15) is 40.4 Å². The third-order valence-corrected chi connectivity index (χ3v) is 5.29. The van der Waals surface area contributed by atoms with Crippen molar-refractivity contribution in [2.24, 2.45) is 0 Å². The lowest BCUT2D eigenvalue weighted by atomic mass is 9.93. The summed E-state index contributed by atoms with van der Waals surface area (Å²) in [5.41, 5.74) is 3.54. The number of likely N-dealkylation sites (tertiary alicyclic amines) is 1. The van der Waals surface area contributed by atoms with Crippen molar-refractivity contribution < 1.29 is 13.6 Å². The molecule has 0 aliphatic carbocycles. The summed E-state index contributed by atoms with van der Waals surface area (Å²) in [5.74, 6) is -0.511. The number of amides is 1. The van der Waals surface area contributed by atoms with Gasteiger partial charge in [0.25, 0.3) is 5.91 Å². The van der Waals surface area contributed by atoms with Gasteiger partial charge < -0.3 is 4.90 Å². The third-order valence-electron chi connectivity index (χ3n) is 5.29. The number of H-pyrrole nitrogens is 1. The molecule has 4 rings (SSSR count). The second kappa shape index (κ2) is 7.54. The van der Waals surface area contributed by atoms with Crippen molar-refractivity contribution in [3.63, 3.8) is 0 Å². The maximum absolute atomic E-state index is 13.5. The minimum absolute atomic E-state index is 0.0777. The SMILES string of the molecule is Cc1cc(C(=O)N2CCC[C@H](c3cc(-c4ccc(F)cc4)n[nH]3)C2)ccc1F. The molecule has 1 aliphatic heterocycles. The number of carbonyl (C=O) groups is 1. The Morgan fingerprint density at radius 1 is 1.14 bits per heavy atom. The summed E-state index contributed by atoms with van der Waals surface area (Å²) in [5, 5.41) is 7.42. The van der Waals surface area contributed by atoms with E-state index in [2.05, 4.69) is 10.2 Å². The average Bonchev–Trinajstić information content (AvgIpc) is 3.20. The fourth-order valence-electron chi connectivity index (χ4n) is 3.69. The number of aryl methyl sites for hydroxylation is 1. The van der Waals surface area contributed by atoms with E-state index >= 15 is 0 Å². The summed E-state index contributed by atoms with van der Waals surface area (Å²) >= 11 is 0. The number of nitrogens with zero attached hydrogens (tertiary/aromatic N) is 2. The molecule has 0 bridgehead atoms. The number of halogens is 2. The van der Waals surface area contributed by atoms with Gasteiger partial charge in [0.05, 0.1) is 5.69 Å². The monoisotopic (exact) mass is 381 g/mol. The van der Waals surface area contributed by atoms with Gasteiger partial charge >= 0.3 is 0 Å². The van der Waals surface area contributed by atoms with Crippen LogP contribution in [0.3, 0.4) is 0 Å². The maximum atomic E-state index is 13.5. The molecule has 1 N–H and O–H groups in total. The fraction of sp³-hybridized carbons (Fsp3) is 0.273. The molecule has 4 nitrogen and oxygen atoms in total. The van der Waals surface area contributed by atoms with Crippen LogP contribution in [-0.2, 0) is 0 Å². The largest absolute Gasteiger partial charge is 0.338 e. The normalized spacial score (nSPS) is 17.0. The van der Waals surface area contributed by atoms with Crippen LogP contribution in [0.5, 0.6) is 0 Å². The Morgan fingerprint density at radius 2 is 1.93 bits per heavy atom. The second-order valence-corrected chi connectivity index (χ2v) is 7.27. The topological polar surface area (TPSA) is 49.0 Å². The molecule has 0 spiro atoms. The van der Waals surface area contributed by atoms with Crippen molar-refractivity contribution >= 4 is 5.91 Å². The van der Waals surface area contributed by atoms with Crippen LogP contribution in [-0.4, -0.2) is 34.1 Å². The number of nitrogens with one attached hydrogen (secondary N) is 1. The zero-order valence-corrected chi connectivity index (χ0v) is 15.6. The van der Waals surface area contributed by atoms with Crippen molar-refractivity contribution in [2.75, 3.05) is 13.1 Å². The Hall–Kier alpha value is -3.02. The molecule has 144 valence electrons. The van der Waals surface area contributed by atoms with E-state index in [-0.39, 0.29) is 23.5 Å². The number of rotatable bonds is 3. The first kappa shape index (κ1) is 18.3. The Bertz CT molecular complexity index is 997. The number of aromatic amines is 1. The molecule has 2 aromatic carbocycles. The van der Waals surface area contributed by atoms with Gasteiger partial charge in [0.2, 0.25) is 0 Å². The summed E-state index contributed by atoms with van der Waals surface area (Å²) < 4.78 is 26.6. The van der Waals surface area contributed by atoms with E-state index in [0.717, 1.165) is 29.8 Å². The summed E-state index contributed by atoms with van der Waals surface area (Å²) in [4.78, 5) is 14.7. The van der Waals surface area contributed by atoms with E-state index in [1.54, 1.807) is 25.1 Å². The van der Waals surface area contributed by atoms with Crippen molar-refractivity contribution in [3.8, 4) is 11.3 Å². The van der Waals surface area contributed by atoms with Crippen LogP contribution in [0.2, 0.25) is 0 Å². The fourth-order valence-corrected chi connectivity index (χ4v) is 3.69. The van der Waals surface area contributed by atoms with Gasteiger partial charge in [0.1, 0.15) is 11.6 Å². The average molecular weight is 381 g/mol. The number of hydrogen-bond donors (Lipinski definition) is 1. The first-order valence-electron chi connectivity index (χ1n) is 9.38. The quantitative estimate of drug-likeness (QED) is 0.716. The van der Waals surface area contributed by atoms with Crippen molar-refractivity contribution in [1.29, 1.82) is 0 Å². The van der Waals surface area contributed by atoms with Gasteiger partial charge in [-0.05, 0) is 73.9 Å². The van der Waals surface area contributed by atoms with Crippen LogP contribution < -0.4 is 0 Å². The molecule has 0 saturated carbocycles. The van der Waals surface area contributed by atoms with Gasteiger partial charge in [-0.2, -0.15) is 5.10 Å². The van der Waals surface area contributed by atoms with E-state index < -0.39 is 0 Å². The number of carbonyl (C=O) groups excluding carboxylic acids is 1. The highest BCUT2D eigenvalue weighted by atomic mass is 19.1. The molecule has 1 amide bonds. The number of piperidine rings is 1. The van der Waals surface area contributed by atoms with Crippen LogP contribution in [0.15, 0.2) is 48.5 Å². The lowest BCUT2D eigenvalue weighted by molar-refractivity contribution is 0.0705. The zero-order valence-electron chi connectivity index (χ0n) is 15.6. The third kappa shape index (κ3) is 3.67. The smallest absolute Gasteiger partial charge is 0.253 e. The molecular formula is C22H21F2N3O. The van der Waals surface area contributed by atoms with E-state index in [1.165, 1.54) is 24.3 Å². The molecule has 6 heteroatoms. The highest BCUT2D eigenvalue weighted by molar-refractivity contribution is 5.94. The molecular weight excluding hydrogens is 360 g/mol. The van der Waals surface area contributed by atoms with E-state index in [0.29, 0.717) is 24.2 Å². The standard InChI is InChI=1S/C22H21F2N3O/c1-14-11-16(6-9-19(14)24)22(28)27-10-2-3-17(13-27)21-12-20(25-26-21)15-4-7-18(23)8-5-15/h4-9,11-12,17H,2-3,10,13H2,1H3,(H,25,26)/t17-/m0/s1.